The van der Waals surface area contributed by atoms with Crippen molar-refractivity contribution < 1.29 is 77.5 Å². The van der Waals surface area contributed by atoms with Gasteiger partial charge < -0.3 is 4.55 Å². The van der Waals surface area contributed by atoms with Crippen molar-refractivity contribution in [3.05, 3.63) is 29.8 Å². The minimum atomic E-state index is -5.09. The van der Waals surface area contributed by atoms with Crippen LogP contribution in [0.3, 0.4) is 0 Å². The second kappa shape index (κ2) is 5.26. The molecular weight excluding hydrogens is 260 g/mol. The van der Waals surface area contributed by atoms with Crippen molar-refractivity contribution >= 4 is 10.1 Å². The van der Waals surface area contributed by atoms with Crippen molar-refractivity contribution in [2.24, 2.45) is 0 Å². The molecular formula is C7H4F3KO3S. The minimum Gasteiger partial charge on any atom is -0.744 e. The predicted molar refractivity (Wildman–Crippen MR) is 39.4 cm³/mol. The molecule has 1 aromatic rings. The average Bonchev–Trinajstić information content (AvgIpc) is 2.01. The number of benzene rings is 1. The van der Waals surface area contributed by atoms with Gasteiger partial charge in [-0.3, -0.25) is 0 Å². The van der Waals surface area contributed by atoms with E-state index < -0.39 is 26.8 Å². The average molecular weight is 264 g/mol. The molecule has 0 aliphatic carbocycles. The molecule has 0 bridgehead atoms. The van der Waals surface area contributed by atoms with E-state index >= 15 is 0 Å². The van der Waals surface area contributed by atoms with E-state index in [-0.39, 0.29) is 51.4 Å². The molecule has 0 atom stereocenters. The first kappa shape index (κ1) is 15.6. The summed E-state index contributed by atoms with van der Waals surface area (Å²) in [4.78, 5) is -1.24. The van der Waals surface area contributed by atoms with Gasteiger partial charge in [0, 0.05) is 0 Å². The summed E-state index contributed by atoms with van der Waals surface area (Å²) in [7, 11) is -5.09. The van der Waals surface area contributed by atoms with Crippen LogP contribution in [-0.4, -0.2) is 13.0 Å². The van der Waals surface area contributed by atoms with Crippen LogP contribution in [0.15, 0.2) is 29.2 Å². The van der Waals surface area contributed by atoms with E-state index in [0.29, 0.717) is 12.1 Å². The second-order valence-electron chi connectivity index (χ2n) is 2.45. The van der Waals surface area contributed by atoms with Crippen LogP contribution in [0, 0.1) is 0 Å². The summed E-state index contributed by atoms with van der Waals surface area (Å²) in [6, 6.07) is 3.24. The standard InChI is InChI=1S/C7H5F3O3S.K/c8-7(9,10)5-3-1-2-4-6(5)14(11,12)13;/h1-4H,(H,11,12,13);/q;+1/p-1. The van der Waals surface area contributed by atoms with Crippen LogP contribution in [0.4, 0.5) is 13.2 Å². The van der Waals surface area contributed by atoms with E-state index in [2.05, 4.69) is 0 Å². The van der Waals surface area contributed by atoms with E-state index in [4.69, 9.17) is 0 Å². The van der Waals surface area contributed by atoms with Gasteiger partial charge in [-0.05, 0) is 12.1 Å². The summed E-state index contributed by atoms with van der Waals surface area (Å²) in [6.45, 7) is 0. The quantitative estimate of drug-likeness (QED) is 0.464. The topological polar surface area (TPSA) is 57.2 Å². The summed E-state index contributed by atoms with van der Waals surface area (Å²) < 4.78 is 67.9. The molecule has 0 N–H and O–H groups in total. The monoisotopic (exact) mass is 264 g/mol. The van der Waals surface area contributed by atoms with Gasteiger partial charge in [0.15, 0.2) is 0 Å². The third kappa shape index (κ3) is 4.14. The first-order valence-corrected chi connectivity index (χ1v) is 4.76. The van der Waals surface area contributed by atoms with E-state index in [0.717, 1.165) is 12.1 Å². The first-order valence-electron chi connectivity index (χ1n) is 3.35. The molecule has 0 saturated heterocycles. The van der Waals surface area contributed by atoms with Crippen LogP contribution in [0.2, 0.25) is 0 Å². The summed E-state index contributed by atoms with van der Waals surface area (Å²) in [5.74, 6) is 0. The summed E-state index contributed by atoms with van der Waals surface area (Å²) in [6.07, 6.45) is -4.84. The molecule has 0 saturated carbocycles. The van der Waals surface area contributed by atoms with Gasteiger partial charge in [-0.2, -0.15) is 13.2 Å². The van der Waals surface area contributed by atoms with Crippen molar-refractivity contribution in [1.29, 1.82) is 0 Å². The van der Waals surface area contributed by atoms with E-state index in [1.54, 1.807) is 0 Å². The fourth-order valence-corrected chi connectivity index (χ4v) is 1.62. The van der Waals surface area contributed by atoms with Crippen LogP contribution in [0.1, 0.15) is 5.56 Å². The second-order valence-corrected chi connectivity index (χ2v) is 3.80. The SMILES string of the molecule is O=S(=O)([O-])c1ccccc1C(F)(F)F.[K+]. The van der Waals surface area contributed by atoms with Crippen molar-refractivity contribution in [2.75, 3.05) is 0 Å². The van der Waals surface area contributed by atoms with Crippen molar-refractivity contribution in [2.45, 2.75) is 11.1 Å². The Hall–Kier alpha value is 0.556. The smallest absolute Gasteiger partial charge is 0.744 e. The van der Waals surface area contributed by atoms with Gasteiger partial charge in [-0.25, -0.2) is 8.42 Å². The maximum Gasteiger partial charge on any atom is 1.00 e. The number of hydrogen-bond acceptors (Lipinski definition) is 3. The fraction of sp³-hybridized carbons (Fsp3) is 0.143. The summed E-state index contributed by atoms with van der Waals surface area (Å²) >= 11 is 0. The number of halogens is 3. The molecule has 0 radical (unpaired) electrons. The Kier molecular flexibility index (Phi) is 5.45. The maximum atomic E-state index is 12.2. The molecule has 1 rings (SSSR count). The van der Waals surface area contributed by atoms with Gasteiger partial charge >= 0.3 is 57.6 Å². The Bertz CT molecular complexity index is 441. The zero-order valence-electron chi connectivity index (χ0n) is 7.58. The first-order chi connectivity index (χ1) is 6.23. The number of alkyl halides is 3. The Morgan fingerprint density at radius 3 is 1.93 bits per heavy atom. The molecule has 0 aromatic heterocycles. The molecule has 0 heterocycles. The van der Waals surface area contributed by atoms with E-state index in [1.165, 1.54) is 0 Å². The van der Waals surface area contributed by atoms with Crippen molar-refractivity contribution in [3.8, 4) is 0 Å². The molecule has 0 amide bonds. The molecule has 0 spiro atoms. The van der Waals surface area contributed by atoms with Crippen LogP contribution in [0.25, 0.3) is 0 Å². The summed E-state index contributed by atoms with van der Waals surface area (Å²) in [5, 5.41) is 0. The minimum absolute atomic E-state index is 0. The number of rotatable bonds is 1. The molecule has 0 fully saturated rings. The zero-order valence-corrected chi connectivity index (χ0v) is 11.5. The molecule has 15 heavy (non-hydrogen) atoms. The van der Waals surface area contributed by atoms with Crippen LogP contribution in [0.5, 0.6) is 0 Å². The Labute approximate surface area is 127 Å². The molecule has 0 aliphatic heterocycles. The maximum absolute atomic E-state index is 12.2. The molecule has 3 nitrogen and oxygen atoms in total. The fourth-order valence-electron chi connectivity index (χ4n) is 0.919. The largest absolute Gasteiger partial charge is 1.00 e. The predicted octanol–water partition coefficient (Wildman–Crippen LogP) is -1.39. The normalized spacial score (nSPS) is 12.0. The Morgan fingerprint density at radius 1 is 1.13 bits per heavy atom. The van der Waals surface area contributed by atoms with Gasteiger partial charge in [0.25, 0.3) is 0 Å². The third-order valence-corrected chi connectivity index (χ3v) is 2.36. The van der Waals surface area contributed by atoms with Gasteiger partial charge in [0.05, 0.1) is 10.5 Å². The third-order valence-electron chi connectivity index (χ3n) is 1.46. The Balaban J connectivity index is 0.00000196. The van der Waals surface area contributed by atoms with Gasteiger partial charge in [-0.15, -0.1) is 0 Å². The molecule has 0 unspecified atom stereocenters. The molecule has 78 valence electrons. The van der Waals surface area contributed by atoms with E-state index in [9.17, 15) is 26.1 Å². The molecule has 0 aliphatic rings. The van der Waals surface area contributed by atoms with Crippen molar-refractivity contribution in [1.82, 2.24) is 0 Å². The molecule has 1 aromatic carbocycles. The van der Waals surface area contributed by atoms with Gasteiger partial charge in [0.2, 0.25) is 0 Å². The van der Waals surface area contributed by atoms with Crippen molar-refractivity contribution in [3.63, 3.8) is 0 Å². The zero-order chi connectivity index (χ0) is 11.0. The van der Waals surface area contributed by atoms with Crippen LogP contribution in [-0.2, 0) is 16.3 Å². The Morgan fingerprint density at radius 2 is 1.60 bits per heavy atom. The number of hydrogen-bond donors (Lipinski definition) is 0. The van der Waals surface area contributed by atoms with Gasteiger partial charge in [-0.1, -0.05) is 12.1 Å². The van der Waals surface area contributed by atoms with Crippen LogP contribution < -0.4 is 51.4 Å². The summed E-state index contributed by atoms with van der Waals surface area (Å²) in [5.41, 5.74) is -1.44. The van der Waals surface area contributed by atoms with E-state index in [1.807, 2.05) is 0 Å². The van der Waals surface area contributed by atoms with Crippen LogP contribution >= 0.6 is 0 Å². The molecule has 8 heteroatoms. The van der Waals surface area contributed by atoms with Gasteiger partial charge in [0.1, 0.15) is 10.1 Å².